The number of carbonyl (C=O) groups is 2. The van der Waals surface area contributed by atoms with Crippen LogP contribution in [0.15, 0.2) is 40.9 Å². The first kappa shape index (κ1) is 15.5. The summed E-state index contributed by atoms with van der Waals surface area (Å²) in [5.74, 6) is -0.882. The number of hydrogen-bond donors (Lipinski definition) is 2. The van der Waals surface area contributed by atoms with Crippen LogP contribution in [-0.4, -0.2) is 11.8 Å². The van der Waals surface area contributed by atoms with E-state index in [0.29, 0.717) is 15.7 Å². The van der Waals surface area contributed by atoms with E-state index in [-0.39, 0.29) is 16.5 Å². The van der Waals surface area contributed by atoms with Crippen LogP contribution < -0.4 is 11.1 Å². The van der Waals surface area contributed by atoms with Gasteiger partial charge < -0.3 is 11.1 Å². The normalized spacial score (nSPS) is 10.2. The molecule has 4 nitrogen and oxygen atoms in total. The highest BCUT2D eigenvalue weighted by atomic mass is 79.9. The van der Waals surface area contributed by atoms with Gasteiger partial charge in [0.1, 0.15) is 0 Å². The Hall–Kier alpha value is -1.85. The van der Waals surface area contributed by atoms with Gasteiger partial charge in [-0.1, -0.05) is 23.2 Å². The Labute approximate surface area is 135 Å². The smallest absolute Gasteiger partial charge is 0.256 e. The molecule has 3 N–H and O–H groups in total. The van der Waals surface area contributed by atoms with Crippen LogP contribution in [0.5, 0.6) is 0 Å². The van der Waals surface area contributed by atoms with Gasteiger partial charge in [-0.15, -0.1) is 0 Å². The minimum Gasteiger partial charge on any atom is -0.366 e. The van der Waals surface area contributed by atoms with E-state index in [1.165, 1.54) is 12.1 Å². The maximum Gasteiger partial charge on any atom is 0.256 e. The lowest BCUT2D eigenvalue weighted by Crippen LogP contribution is -2.14. The zero-order chi connectivity index (χ0) is 15.6. The van der Waals surface area contributed by atoms with Gasteiger partial charge in [-0.25, -0.2) is 0 Å². The van der Waals surface area contributed by atoms with Crippen molar-refractivity contribution in [3.8, 4) is 0 Å². The van der Waals surface area contributed by atoms with E-state index in [9.17, 15) is 9.59 Å². The second-order valence-corrected chi connectivity index (χ2v) is 5.76. The molecule has 2 rings (SSSR count). The number of nitrogens with one attached hydrogen (secondary N) is 1. The number of benzene rings is 2. The quantitative estimate of drug-likeness (QED) is 0.867. The van der Waals surface area contributed by atoms with E-state index in [2.05, 4.69) is 21.2 Å². The summed E-state index contributed by atoms with van der Waals surface area (Å²) in [7, 11) is 0. The van der Waals surface area contributed by atoms with Crippen LogP contribution in [0.2, 0.25) is 5.02 Å². The van der Waals surface area contributed by atoms with Crippen molar-refractivity contribution < 1.29 is 9.59 Å². The Morgan fingerprint density at radius 3 is 2.48 bits per heavy atom. The molecule has 0 bridgehead atoms. The number of rotatable bonds is 3. The Morgan fingerprint density at radius 2 is 1.86 bits per heavy atom. The third kappa shape index (κ3) is 3.62. The highest BCUT2D eigenvalue weighted by Crippen LogP contribution is 2.23. The summed E-state index contributed by atoms with van der Waals surface area (Å²) < 4.78 is 0.699. The molecule has 21 heavy (non-hydrogen) atoms. The fraction of sp³-hybridized carbons (Fsp3) is 0.0667. The number of primary amides is 1. The molecule has 2 aromatic rings. The van der Waals surface area contributed by atoms with Crippen molar-refractivity contribution in [3.05, 3.63) is 62.6 Å². The molecule has 0 atom stereocenters. The highest BCUT2D eigenvalue weighted by Gasteiger charge is 2.12. The van der Waals surface area contributed by atoms with Crippen molar-refractivity contribution in [1.29, 1.82) is 0 Å². The first-order valence-corrected chi connectivity index (χ1v) is 7.22. The van der Waals surface area contributed by atoms with Crippen LogP contribution in [0.4, 0.5) is 5.69 Å². The van der Waals surface area contributed by atoms with Gasteiger partial charge in [0.05, 0.1) is 16.1 Å². The SMILES string of the molecule is Cc1ccc(Br)c(C(=O)Nc2ccc(C(N)=O)c(Cl)c2)c1. The summed E-state index contributed by atoms with van der Waals surface area (Å²) in [4.78, 5) is 23.3. The van der Waals surface area contributed by atoms with Gasteiger partial charge in [-0.3, -0.25) is 9.59 Å². The first-order chi connectivity index (χ1) is 9.88. The molecule has 6 heteroatoms. The van der Waals surface area contributed by atoms with Gasteiger partial charge >= 0.3 is 0 Å². The van der Waals surface area contributed by atoms with Crippen molar-refractivity contribution in [3.63, 3.8) is 0 Å². The number of halogens is 2. The Balaban J connectivity index is 2.26. The number of anilines is 1. The zero-order valence-corrected chi connectivity index (χ0v) is 13.5. The highest BCUT2D eigenvalue weighted by molar-refractivity contribution is 9.10. The van der Waals surface area contributed by atoms with E-state index in [1.807, 2.05) is 19.1 Å². The minimum absolute atomic E-state index is 0.198. The molecule has 0 aromatic heterocycles. The molecule has 108 valence electrons. The molecule has 2 aromatic carbocycles. The van der Waals surface area contributed by atoms with E-state index in [4.69, 9.17) is 17.3 Å². The van der Waals surface area contributed by atoms with Crippen molar-refractivity contribution in [2.75, 3.05) is 5.32 Å². The standard InChI is InChI=1S/C15H12BrClN2O2/c1-8-2-5-12(16)11(6-8)15(21)19-9-3-4-10(14(18)20)13(17)7-9/h2-7H,1H3,(H2,18,20)(H,19,21). The van der Waals surface area contributed by atoms with E-state index in [0.717, 1.165) is 5.56 Å². The molecule has 0 saturated heterocycles. The van der Waals surface area contributed by atoms with Gasteiger partial charge in [0.25, 0.3) is 5.91 Å². The van der Waals surface area contributed by atoms with Crippen molar-refractivity contribution >= 4 is 45.0 Å². The number of nitrogens with two attached hydrogens (primary N) is 1. The molecular formula is C15H12BrClN2O2. The molecule has 0 saturated carbocycles. The molecule has 0 radical (unpaired) electrons. The Morgan fingerprint density at radius 1 is 1.14 bits per heavy atom. The van der Waals surface area contributed by atoms with E-state index in [1.54, 1.807) is 12.1 Å². The summed E-state index contributed by atoms with van der Waals surface area (Å²) >= 11 is 9.29. The van der Waals surface area contributed by atoms with Crippen LogP contribution >= 0.6 is 27.5 Å². The van der Waals surface area contributed by atoms with Gasteiger partial charge in [0.2, 0.25) is 5.91 Å². The molecule has 0 heterocycles. The fourth-order valence-corrected chi connectivity index (χ4v) is 2.50. The maximum atomic E-state index is 12.2. The number of aryl methyl sites for hydroxylation is 1. The van der Waals surface area contributed by atoms with Crippen LogP contribution in [0, 0.1) is 6.92 Å². The molecule has 0 aliphatic carbocycles. The molecule has 2 amide bonds. The summed E-state index contributed by atoms with van der Waals surface area (Å²) in [6.07, 6.45) is 0. The number of amides is 2. The third-order valence-electron chi connectivity index (χ3n) is 2.86. The molecular weight excluding hydrogens is 356 g/mol. The third-order valence-corrected chi connectivity index (χ3v) is 3.86. The number of carbonyl (C=O) groups excluding carboxylic acids is 2. The largest absolute Gasteiger partial charge is 0.366 e. The minimum atomic E-state index is -0.612. The number of hydrogen-bond acceptors (Lipinski definition) is 2. The van der Waals surface area contributed by atoms with Gasteiger partial charge in [0.15, 0.2) is 0 Å². The van der Waals surface area contributed by atoms with Crippen LogP contribution in [0.1, 0.15) is 26.3 Å². The van der Waals surface area contributed by atoms with Crippen LogP contribution in [0.3, 0.4) is 0 Å². The fourth-order valence-electron chi connectivity index (χ4n) is 1.80. The van der Waals surface area contributed by atoms with Gasteiger partial charge in [0, 0.05) is 10.2 Å². The van der Waals surface area contributed by atoms with Crippen LogP contribution in [-0.2, 0) is 0 Å². The molecule has 0 aliphatic rings. The summed E-state index contributed by atoms with van der Waals surface area (Å²) in [5.41, 5.74) is 7.38. The van der Waals surface area contributed by atoms with Crippen molar-refractivity contribution in [2.24, 2.45) is 5.73 Å². The Kier molecular flexibility index (Phi) is 4.65. The lowest BCUT2D eigenvalue weighted by molar-refractivity contribution is 0.0998. The van der Waals surface area contributed by atoms with Gasteiger partial charge in [-0.2, -0.15) is 0 Å². The first-order valence-electron chi connectivity index (χ1n) is 6.05. The van der Waals surface area contributed by atoms with E-state index >= 15 is 0 Å². The zero-order valence-electron chi connectivity index (χ0n) is 11.1. The monoisotopic (exact) mass is 366 g/mol. The lowest BCUT2D eigenvalue weighted by atomic mass is 10.1. The Bertz CT molecular complexity index is 732. The second-order valence-electron chi connectivity index (χ2n) is 4.50. The molecule has 0 spiro atoms. The molecule has 0 unspecified atom stereocenters. The summed E-state index contributed by atoms with van der Waals surface area (Å²) in [5, 5.41) is 2.93. The van der Waals surface area contributed by atoms with E-state index < -0.39 is 5.91 Å². The molecule has 0 aliphatic heterocycles. The summed E-state index contributed by atoms with van der Waals surface area (Å²) in [6.45, 7) is 1.90. The van der Waals surface area contributed by atoms with Crippen molar-refractivity contribution in [1.82, 2.24) is 0 Å². The average molecular weight is 368 g/mol. The lowest BCUT2D eigenvalue weighted by Gasteiger charge is -2.09. The second kappa shape index (κ2) is 6.28. The molecule has 0 fully saturated rings. The van der Waals surface area contributed by atoms with Crippen LogP contribution in [0.25, 0.3) is 0 Å². The van der Waals surface area contributed by atoms with Gasteiger partial charge in [-0.05, 0) is 53.2 Å². The maximum absolute atomic E-state index is 12.2. The average Bonchev–Trinajstić information content (AvgIpc) is 2.41. The predicted octanol–water partition coefficient (Wildman–Crippen LogP) is 3.76. The predicted molar refractivity (Wildman–Crippen MR) is 86.8 cm³/mol. The topological polar surface area (TPSA) is 72.2 Å². The summed E-state index contributed by atoms with van der Waals surface area (Å²) in [6, 6.07) is 10.0. The van der Waals surface area contributed by atoms with Crippen molar-refractivity contribution in [2.45, 2.75) is 6.92 Å².